The summed E-state index contributed by atoms with van der Waals surface area (Å²) in [4.78, 5) is 23.8. The molecule has 104 valence electrons. The Labute approximate surface area is 122 Å². The highest BCUT2D eigenvalue weighted by Crippen LogP contribution is 2.36. The van der Waals surface area contributed by atoms with Crippen molar-refractivity contribution in [1.29, 1.82) is 0 Å². The Morgan fingerprint density at radius 1 is 1.50 bits per heavy atom. The van der Waals surface area contributed by atoms with E-state index < -0.39 is 17.8 Å². The van der Waals surface area contributed by atoms with Gasteiger partial charge in [-0.1, -0.05) is 17.7 Å². The Balaban J connectivity index is 1.94. The van der Waals surface area contributed by atoms with E-state index >= 15 is 0 Å². The highest BCUT2D eigenvalue weighted by molar-refractivity contribution is 7.21. The number of amides is 2. The standard InChI is InChI=1S/C13H10ClFN2O2S/c14-10-9-6(15)2-1-3-8(9)20-11(10)13(19)17-7-4-5-16-12(7)18/h1-3,7H,4-5H2,(H,16,18)(H,17,19)/t7-/m1/s1. The number of nitrogens with one attached hydrogen (secondary N) is 2. The summed E-state index contributed by atoms with van der Waals surface area (Å²) in [6.45, 7) is 0.540. The molecular formula is C13H10ClFN2O2S. The predicted molar refractivity (Wildman–Crippen MR) is 75.7 cm³/mol. The van der Waals surface area contributed by atoms with Gasteiger partial charge < -0.3 is 10.6 Å². The molecule has 2 aromatic rings. The topological polar surface area (TPSA) is 58.2 Å². The van der Waals surface area contributed by atoms with Crippen LogP contribution in [0, 0.1) is 5.82 Å². The van der Waals surface area contributed by atoms with Gasteiger partial charge in [-0.2, -0.15) is 0 Å². The quantitative estimate of drug-likeness (QED) is 0.894. The highest BCUT2D eigenvalue weighted by Gasteiger charge is 2.28. The number of rotatable bonds is 2. The Morgan fingerprint density at radius 2 is 2.30 bits per heavy atom. The third kappa shape index (κ3) is 2.14. The highest BCUT2D eigenvalue weighted by atomic mass is 35.5. The fraction of sp³-hybridized carbons (Fsp3) is 0.231. The van der Waals surface area contributed by atoms with Crippen LogP contribution in [-0.4, -0.2) is 24.4 Å². The van der Waals surface area contributed by atoms with E-state index in [1.165, 1.54) is 6.07 Å². The summed E-state index contributed by atoms with van der Waals surface area (Å²) in [5.41, 5.74) is 0. The van der Waals surface area contributed by atoms with Gasteiger partial charge in [-0.25, -0.2) is 4.39 Å². The van der Waals surface area contributed by atoms with E-state index in [1.54, 1.807) is 12.1 Å². The van der Waals surface area contributed by atoms with Crippen molar-refractivity contribution in [3.8, 4) is 0 Å². The maximum absolute atomic E-state index is 13.7. The number of carbonyl (C=O) groups excluding carboxylic acids is 2. The molecule has 3 rings (SSSR count). The second kappa shape index (κ2) is 5.03. The summed E-state index contributed by atoms with van der Waals surface area (Å²) in [5, 5.41) is 5.60. The molecule has 0 radical (unpaired) electrons. The van der Waals surface area contributed by atoms with Gasteiger partial charge in [0.25, 0.3) is 5.91 Å². The molecular weight excluding hydrogens is 303 g/mol. The van der Waals surface area contributed by atoms with Crippen molar-refractivity contribution in [3.63, 3.8) is 0 Å². The van der Waals surface area contributed by atoms with Crippen LogP contribution < -0.4 is 10.6 Å². The largest absolute Gasteiger partial charge is 0.354 e. The second-order valence-electron chi connectivity index (χ2n) is 4.46. The Bertz CT molecular complexity index is 716. The average Bonchev–Trinajstić information content (AvgIpc) is 2.95. The Kier molecular flexibility index (Phi) is 3.35. The maximum Gasteiger partial charge on any atom is 0.263 e. The smallest absolute Gasteiger partial charge is 0.263 e. The monoisotopic (exact) mass is 312 g/mol. The first-order chi connectivity index (χ1) is 9.58. The Morgan fingerprint density at radius 3 is 2.95 bits per heavy atom. The minimum atomic E-state index is -0.548. The van der Waals surface area contributed by atoms with Crippen LogP contribution in [0.5, 0.6) is 0 Å². The zero-order chi connectivity index (χ0) is 14.3. The molecule has 2 amide bonds. The molecule has 20 heavy (non-hydrogen) atoms. The van der Waals surface area contributed by atoms with E-state index in [1.807, 2.05) is 0 Å². The molecule has 0 saturated carbocycles. The summed E-state index contributed by atoms with van der Waals surface area (Å²) in [5.74, 6) is -1.11. The third-order valence-corrected chi connectivity index (χ3v) is 4.81. The fourth-order valence-electron chi connectivity index (χ4n) is 2.17. The third-order valence-electron chi connectivity index (χ3n) is 3.17. The van der Waals surface area contributed by atoms with Crippen molar-refractivity contribution in [2.24, 2.45) is 0 Å². The van der Waals surface area contributed by atoms with Gasteiger partial charge >= 0.3 is 0 Å². The zero-order valence-corrected chi connectivity index (χ0v) is 11.8. The molecule has 1 atom stereocenters. The van der Waals surface area contributed by atoms with Gasteiger partial charge in [0.15, 0.2) is 0 Å². The zero-order valence-electron chi connectivity index (χ0n) is 10.2. The van der Waals surface area contributed by atoms with Gasteiger partial charge in [-0.3, -0.25) is 9.59 Å². The molecule has 0 aliphatic carbocycles. The van der Waals surface area contributed by atoms with E-state index in [0.29, 0.717) is 17.7 Å². The van der Waals surface area contributed by atoms with Crippen LogP contribution in [0.3, 0.4) is 0 Å². The van der Waals surface area contributed by atoms with Crippen molar-refractivity contribution in [1.82, 2.24) is 10.6 Å². The lowest BCUT2D eigenvalue weighted by Gasteiger charge is -2.08. The maximum atomic E-state index is 13.7. The molecule has 0 spiro atoms. The van der Waals surface area contributed by atoms with Crippen molar-refractivity contribution in [2.75, 3.05) is 6.54 Å². The first kappa shape index (κ1) is 13.3. The number of fused-ring (bicyclic) bond motifs is 1. The molecule has 1 aromatic carbocycles. The average molecular weight is 313 g/mol. The van der Waals surface area contributed by atoms with Gasteiger partial charge in [-0.15, -0.1) is 11.3 Å². The van der Waals surface area contributed by atoms with Crippen LogP contribution in [-0.2, 0) is 4.79 Å². The number of halogens is 2. The second-order valence-corrected chi connectivity index (χ2v) is 5.89. The number of thiophene rings is 1. The number of hydrogen-bond donors (Lipinski definition) is 2. The molecule has 0 unspecified atom stereocenters. The van der Waals surface area contributed by atoms with Crippen LogP contribution in [0.2, 0.25) is 5.02 Å². The van der Waals surface area contributed by atoms with Crippen molar-refractivity contribution >= 4 is 44.8 Å². The summed E-state index contributed by atoms with van der Waals surface area (Å²) in [6, 6.07) is 4.02. The van der Waals surface area contributed by atoms with Gasteiger partial charge in [-0.05, 0) is 18.6 Å². The first-order valence-corrected chi connectivity index (χ1v) is 7.22. The molecule has 2 heterocycles. The van der Waals surface area contributed by atoms with Crippen LogP contribution in [0.1, 0.15) is 16.1 Å². The van der Waals surface area contributed by atoms with Crippen molar-refractivity contribution in [3.05, 3.63) is 33.9 Å². The Hall–Kier alpha value is -1.66. The molecule has 7 heteroatoms. The van der Waals surface area contributed by atoms with Crippen LogP contribution >= 0.6 is 22.9 Å². The van der Waals surface area contributed by atoms with Gasteiger partial charge in [0.1, 0.15) is 16.7 Å². The van der Waals surface area contributed by atoms with E-state index in [9.17, 15) is 14.0 Å². The molecule has 1 saturated heterocycles. The number of hydrogen-bond acceptors (Lipinski definition) is 3. The van der Waals surface area contributed by atoms with E-state index in [4.69, 9.17) is 11.6 Å². The lowest BCUT2D eigenvalue weighted by molar-refractivity contribution is -0.120. The van der Waals surface area contributed by atoms with Crippen LogP contribution in [0.15, 0.2) is 18.2 Å². The lowest BCUT2D eigenvalue weighted by atomic mass is 10.2. The van der Waals surface area contributed by atoms with E-state index in [0.717, 1.165) is 11.3 Å². The molecule has 2 N–H and O–H groups in total. The number of carbonyl (C=O) groups is 2. The molecule has 1 fully saturated rings. The molecule has 1 aromatic heterocycles. The van der Waals surface area contributed by atoms with Crippen molar-refractivity contribution in [2.45, 2.75) is 12.5 Å². The molecule has 1 aliphatic rings. The van der Waals surface area contributed by atoms with E-state index in [-0.39, 0.29) is 21.2 Å². The fourth-order valence-corrected chi connectivity index (χ4v) is 3.63. The SMILES string of the molecule is O=C(N[C@@H]1CCNC1=O)c1sc2cccc(F)c2c1Cl. The van der Waals surface area contributed by atoms with E-state index in [2.05, 4.69) is 10.6 Å². The summed E-state index contributed by atoms with van der Waals surface area (Å²) >= 11 is 7.20. The van der Waals surface area contributed by atoms with Gasteiger partial charge in [0.2, 0.25) is 5.91 Å². The normalized spacial score (nSPS) is 18.3. The van der Waals surface area contributed by atoms with Crippen molar-refractivity contribution < 1.29 is 14.0 Å². The van der Waals surface area contributed by atoms with Gasteiger partial charge in [0.05, 0.1) is 5.02 Å². The summed E-state index contributed by atoms with van der Waals surface area (Å²) < 4.78 is 14.3. The summed E-state index contributed by atoms with van der Waals surface area (Å²) in [6.07, 6.45) is 0.543. The van der Waals surface area contributed by atoms with Gasteiger partial charge in [0, 0.05) is 16.6 Å². The minimum Gasteiger partial charge on any atom is -0.354 e. The number of benzene rings is 1. The van der Waals surface area contributed by atoms with Crippen LogP contribution in [0.25, 0.3) is 10.1 Å². The molecule has 4 nitrogen and oxygen atoms in total. The molecule has 1 aliphatic heterocycles. The molecule has 0 bridgehead atoms. The first-order valence-electron chi connectivity index (χ1n) is 6.03. The minimum absolute atomic E-state index is 0.0963. The predicted octanol–water partition coefficient (Wildman–Crippen LogP) is 2.31. The summed E-state index contributed by atoms with van der Waals surface area (Å²) in [7, 11) is 0. The van der Waals surface area contributed by atoms with Crippen LogP contribution in [0.4, 0.5) is 4.39 Å². The lowest BCUT2D eigenvalue weighted by Crippen LogP contribution is -2.39.